The maximum atomic E-state index is 12.7. The van der Waals surface area contributed by atoms with E-state index in [1.165, 1.54) is 23.5 Å². The summed E-state index contributed by atoms with van der Waals surface area (Å²) in [4.78, 5) is 1.28. The van der Waals surface area contributed by atoms with Crippen LogP contribution >= 0.6 is 43.2 Å². The molecule has 0 radical (unpaired) electrons. The average molecular weight is 490 g/mol. The molecule has 0 bridgehead atoms. The van der Waals surface area contributed by atoms with E-state index in [9.17, 15) is 13.7 Å². The number of halogens is 2. The molecule has 0 saturated heterocycles. The molecule has 1 aliphatic carbocycles. The second-order valence-electron chi connectivity index (χ2n) is 5.85. The first-order valence-corrected chi connectivity index (χ1v) is 11.2. The number of nitrogens with zero attached hydrogens (tertiary/aromatic N) is 1. The van der Waals surface area contributed by atoms with Crippen LogP contribution in [0.15, 0.2) is 32.0 Å². The molecule has 1 N–H and O–H groups in total. The zero-order valence-corrected chi connectivity index (χ0v) is 17.6. The smallest absolute Gasteiger partial charge is 0.262 e. The van der Waals surface area contributed by atoms with Gasteiger partial charge in [-0.25, -0.2) is 8.42 Å². The van der Waals surface area contributed by atoms with Crippen LogP contribution in [0, 0.1) is 17.2 Å². The van der Waals surface area contributed by atoms with Crippen LogP contribution in [-0.2, 0) is 22.9 Å². The first kappa shape index (κ1) is 17.9. The summed E-state index contributed by atoms with van der Waals surface area (Å²) in [6.07, 6.45) is 2.77. The minimum Gasteiger partial charge on any atom is -0.269 e. The minimum atomic E-state index is -3.74. The maximum absolute atomic E-state index is 12.7. The fourth-order valence-electron chi connectivity index (χ4n) is 2.77. The molecule has 1 aromatic heterocycles. The summed E-state index contributed by atoms with van der Waals surface area (Å²) in [5.74, 6) is 0.564. The van der Waals surface area contributed by atoms with Crippen LogP contribution in [0.25, 0.3) is 0 Å². The number of nitriles is 1. The minimum absolute atomic E-state index is 0.154. The number of benzene rings is 1. The third kappa shape index (κ3) is 3.40. The van der Waals surface area contributed by atoms with E-state index in [0.29, 0.717) is 21.0 Å². The molecular formula is C16H14Br2N2O2S2. The van der Waals surface area contributed by atoms with E-state index >= 15 is 0 Å². The molecule has 3 rings (SSSR count). The van der Waals surface area contributed by atoms with Gasteiger partial charge < -0.3 is 0 Å². The normalized spacial score (nSPS) is 17.2. The van der Waals surface area contributed by atoms with Crippen LogP contribution in [0.2, 0.25) is 0 Å². The quantitative estimate of drug-likeness (QED) is 0.654. The number of anilines is 1. The molecule has 2 aromatic rings. The topological polar surface area (TPSA) is 70.0 Å². The van der Waals surface area contributed by atoms with Crippen molar-refractivity contribution in [2.45, 2.75) is 31.1 Å². The molecule has 126 valence electrons. The Morgan fingerprint density at radius 3 is 2.75 bits per heavy atom. The maximum Gasteiger partial charge on any atom is 0.262 e. The summed E-state index contributed by atoms with van der Waals surface area (Å²) in [5.41, 5.74) is 1.48. The standard InChI is InChI=1S/C16H14Br2N2O2S2/c1-9-2-4-11-12(8-19)16(23-15(11)6-9)20-24(21,22)10-3-5-13(17)14(18)7-10/h3,5,7,9,20H,2,4,6H2,1H3. The van der Waals surface area contributed by atoms with Gasteiger partial charge in [0.25, 0.3) is 10.0 Å². The van der Waals surface area contributed by atoms with Gasteiger partial charge in [0.05, 0.1) is 10.5 Å². The Balaban J connectivity index is 1.99. The Labute approximate surface area is 162 Å². The fraction of sp³-hybridized carbons (Fsp3) is 0.312. The summed E-state index contributed by atoms with van der Waals surface area (Å²) < 4.78 is 29.4. The molecule has 1 aromatic carbocycles. The molecule has 0 spiro atoms. The number of sulfonamides is 1. The highest BCUT2D eigenvalue weighted by molar-refractivity contribution is 9.13. The van der Waals surface area contributed by atoms with E-state index in [-0.39, 0.29) is 4.90 Å². The van der Waals surface area contributed by atoms with Gasteiger partial charge in [-0.1, -0.05) is 6.92 Å². The second-order valence-corrected chi connectivity index (χ2v) is 10.3. The van der Waals surface area contributed by atoms with Crippen molar-refractivity contribution in [3.05, 3.63) is 43.1 Å². The van der Waals surface area contributed by atoms with Gasteiger partial charge >= 0.3 is 0 Å². The van der Waals surface area contributed by atoms with Gasteiger partial charge in [0.15, 0.2) is 0 Å². The summed E-state index contributed by atoms with van der Waals surface area (Å²) >= 11 is 8.03. The van der Waals surface area contributed by atoms with Gasteiger partial charge in [0.2, 0.25) is 0 Å². The second kappa shape index (κ2) is 6.79. The molecule has 1 heterocycles. The predicted molar refractivity (Wildman–Crippen MR) is 103 cm³/mol. The van der Waals surface area contributed by atoms with E-state index in [2.05, 4.69) is 49.6 Å². The summed E-state index contributed by atoms with van der Waals surface area (Å²) in [7, 11) is -3.74. The molecule has 1 aliphatic rings. The molecule has 0 fully saturated rings. The lowest BCUT2D eigenvalue weighted by Gasteiger charge is -2.17. The van der Waals surface area contributed by atoms with Gasteiger partial charge in [-0.3, -0.25) is 4.72 Å². The largest absolute Gasteiger partial charge is 0.269 e. The molecule has 1 unspecified atom stereocenters. The molecule has 4 nitrogen and oxygen atoms in total. The van der Waals surface area contributed by atoms with Crippen molar-refractivity contribution in [3.8, 4) is 6.07 Å². The third-order valence-corrected chi connectivity index (χ3v) is 8.58. The van der Waals surface area contributed by atoms with Crippen LogP contribution in [0.5, 0.6) is 0 Å². The van der Waals surface area contributed by atoms with E-state index in [1.54, 1.807) is 6.07 Å². The first-order valence-electron chi connectivity index (χ1n) is 7.34. The number of fused-ring (bicyclic) bond motifs is 1. The van der Waals surface area contributed by atoms with Crippen molar-refractivity contribution in [2.75, 3.05) is 4.72 Å². The Hall–Kier alpha value is -0.880. The average Bonchev–Trinajstić information content (AvgIpc) is 2.85. The number of rotatable bonds is 3. The molecule has 8 heteroatoms. The van der Waals surface area contributed by atoms with Crippen molar-refractivity contribution < 1.29 is 8.42 Å². The summed E-state index contributed by atoms with van der Waals surface area (Å²) in [6.45, 7) is 2.18. The van der Waals surface area contributed by atoms with Gasteiger partial charge in [0, 0.05) is 13.8 Å². The number of hydrogen-bond acceptors (Lipinski definition) is 4. The molecule has 0 aliphatic heterocycles. The van der Waals surface area contributed by atoms with E-state index in [1.807, 2.05) is 0 Å². The highest BCUT2D eigenvalue weighted by atomic mass is 79.9. The summed E-state index contributed by atoms with van der Waals surface area (Å²) in [6, 6.07) is 6.91. The number of hydrogen-bond donors (Lipinski definition) is 1. The van der Waals surface area contributed by atoms with Crippen LogP contribution < -0.4 is 4.72 Å². The lowest BCUT2D eigenvalue weighted by atomic mass is 9.89. The van der Waals surface area contributed by atoms with Gasteiger partial charge in [0.1, 0.15) is 11.1 Å². The van der Waals surface area contributed by atoms with Crippen LogP contribution in [-0.4, -0.2) is 8.42 Å². The molecule has 24 heavy (non-hydrogen) atoms. The SMILES string of the molecule is CC1CCc2c(sc(NS(=O)(=O)c3ccc(Br)c(Br)c3)c2C#N)C1. The third-order valence-electron chi connectivity index (χ3n) is 4.05. The zero-order valence-electron chi connectivity index (χ0n) is 12.8. The number of thiophene rings is 1. The fourth-order valence-corrected chi connectivity index (χ4v) is 6.24. The Morgan fingerprint density at radius 2 is 2.08 bits per heavy atom. The highest BCUT2D eigenvalue weighted by Gasteiger charge is 2.26. The Morgan fingerprint density at radius 1 is 1.33 bits per heavy atom. The van der Waals surface area contributed by atoms with Gasteiger partial charge in [-0.15, -0.1) is 11.3 Å². The lowest BCUT2D eigenvalue weighted by molar-refractivity contribution is 0.507. The van der Waals surface area contributed by atoms with E-state index in [4.69, 9.17) is 0 Å². The van der Waals surface area contributed by atoms with Crippen LogP contribution in [0.1, 0.15) is 29.3 Å². The monoisotopic (exact) mass is 488 g/mol. The first-order chi connectivity index (χ1) is 11.3. The lowest BCUT2D eigenvalue weighted by Crippen LogP contribution is -2.13. The van der Waals surface area contributed by atoms with Crippen molar-refractivity contribution in [1.82, 2.24) is 0 Å². The van der Waals surface area contributed by atoms with Gasteiger partial charge in [-0.2, -0.15) is 5.26 Å². The Kier molecular flexibility index (Phi) is 5.07. The Bertz CT molecular complexity index is 946. The molecule has 0 saturated carbocycles. The van der Waals surface area contributed by atoms with Crippen molar-refractivity contribution >= 4 is 58.2 Å². The van der Waals surface area contributed by atoms with Crippen molar-refractivity contribution in [1.29, 1.82) is 5.26 Å². The predicted octanol–water partition coefficient (Wildman–Crippen LogP) is 5.07. The molecule has 0 amide bonds. The van der Waals surface area contributed by atoms with E-state index in [0.717, 1.165) is 34.2 Å². The molecular weight excluding hydrogens is 476 g/mol. The van der Waals surface area contributed by atoms with E-state index < -0.39 is 10.0 Å². The highest BCUT2D eigenvalue weighted by Crippen LogP contribution is 2.40. The molecule has 1 atom stereocenters. The van der Waals surface area contributed by atoms with Crippen molar-refractivity contribution in [3.63, 3.8) is 0 Å². The zero-order chi connectivity index (χ0) is 17.5. The van der Waals surface area contributed by atoms with Crippen molar-refractivity contribution in [2.24, 2.45) is 5.92 Å². The number of nitrogens with one attached hydrogen (secondary N) is 1. The van der Waals surface area contributed by atoms with Crippen LogP contribution in [0.3, 0.4) is 0 Å². The van der Waals surface area contributed by atoms with Crippen LogP contribution in [0.4, 0.5) is 5.00 Å². The summed E-state index contributed by atoms with van der Waals surface area (Å²) in [5, 5.41) is 9.91. The van der Waals surface area contributed by atoms with Gasteiger partial charge in [-0.05, 0) is 80.8 Å².